The third-order valence-electron chi connectivity index (χ3n) is 2.68. The summed E-state index contributed by atoms with van der Waals surface area (Å²) in [7, 11) is 1.44. The van der Waals surface area contributed by atoms with Crippen molar-refractivity contribution in [1.82, 2.24) is 4.90 Å². The molecule has 7 nitrogen and oxygen atoms in total. The number of aryl methyl sites for hydroxylation is 1. The fraction of sp³-hybridized carbons (Fsp3) is 0.385. The molecule has 108 valence electrons. The molecule has 0 N–H and O–H groups in total. The molecule has 0 unspecified atom stereocenters. The summed E-state index contributed by atoms with van der Waals surface area (Å²) in [6, 6.07) is 4.04. The van der Waals surface area contributed by atoms with E-state index in [1.807, 2.05) is 0 Å². The molecule has 0 aliphatic carbocycles. The van der Waals surface area contributed by atoms with Gasteiger partial charge in [0.1, 0.15) is 6.54 Å². The van der Waals surface area contributed by atoms with Crippen LogP contribution >= 0.6 is 0 Å². The first-order valence-corrected chi connectivity index (χ1v) is 6.03. The smallest absolute Gasteiger partial charge is 0.325 e. The molecule has 20 heavy (non-hydrogen) atoms. The maximum Gasteiger partial charge on any atom is 0.325 e. The first-order chi connectivity index (χ1) is 9.36. The number of esters is 1. The molecule has 0 fully saturated rings. The third-order valence-corrected chi connectivity index (χ3v) is 2.68. The van der Waals surface area contributed by atoms with Crippen molar-refractivity contribution in [2.45, 2.75) is 13.8 Å². The SMILES string of the molecule is CCOC(=O)CN(C)C(=O)c1cc([N+](=O)[O-])ccc1C. The Morgan fingerprint density at radius 1 is 1.40 bits per heavy atom. The topological polar surface area (TPSA) is 89.8 Å². The lowest BCUT2D eigenvalue weighted by Crippen LogP contribution is -2.33. The molecule has 0 heterocycles. The number of nitro groups is 1. The Balaban J connectivity index is 2.93. The minimum Gasteiger partial charge on any atom is -0.465 e. The minimum atomic E-state index is -0.568. The zero-order valence-corrected chi connectivity index (χ0v) is 11.6. The number of ether oxygens (including phenoxy) is 1. The fourth-order valence-corrected chi connectivity index (χ4v) is 1.63. The average Bonchev–Trinajstić information content (AvgIpc) is 2.38. The van der Waals surface area contributed by atoms with Crippen LogP contribution < -0.4 is 0 Å². The van der Waals surface area contributed by atoms with Crippen LogP contribution in [0.2, 0.25) is 0 Å². The lowest BCUT2D eigenvalue weighted by atomic mass is 10.1. The molecule has 7 heteroatoms. The Morgan fingerprint density at radius 2 is 2.05 bits per heavy atom. The highest BCUT2D eigenvalue weighted by molar-refractivity contribution is 5.97. The van der Waals surface area contributed by atoms with Gasteiger partial charge in [-0.2, -0.15) is 0 Å². The number of amides is 1. The van der Waals surface area contributed by atoms with E-state index in [1.54, 1.807) is 13.8 Å². The summed E-state index contributed by atoms with van der Waals surface area (Å²) in [5, 5.41) is 10.7. The predicted molar refractivity (Wildman–Crippen MR) is 71.4 cm³/mol. The van der Waals surface area contributed by atoms with Gasteiger partial charge in [0.05, 0.1) is 11.5 Å². The quantitative estimate of drug-likeness (QED) is 0.463. The van der Waals surface area contributed by atoms with Crippen LogP contribution in [0.5, 0.6) is 0 Å². The molecule has 0 saturated carbocycles. The number of benzene rings is 1. The molecule has 0 aliphatic rings. The average molecular weight is 280 g/mol. The maximum atomic E-state index is 12.2. The van der Waals surface area contributed by atoms with Gasteiger partial charge in [-0.3, -0.25) is 19.7 Å². The van der Waals surface area contributed by atoms with Crippen LogP contribution in [0, 0.1) is 17.0 Å². The van der Waals surface area contributed by atoms with Crippen molar-refractivity contribution in [3.05, 3.63) is 39.4 Å². The third kappa shape index (κ3) is 3.78. The lowest BCUT2D eigenvalue weighted by molar-refractivity contribution is -0.384. The molecule has 0 aliphatic heterocycles. The van der Waals surface area contributed by atoms with E-state index in [0.29, 0.717) is 5.56 Å². The standard InChI is InChI=1S/C13H16N2O5/c1-4-20-12(16)8-14(3)13(17)11-7-10(15(18)19)6-5-9(11)2/h5-7H,4,8H2,1-3H3. The van der Waals surface area contributed by atoms with Crippen LogP contribution in [0.15, 0.2) is 18.2 Å². The van der Waals surface area contributed by atoms with Crippen molar-refractivity contribution in [2.75, 3.05) is 20.2 Å². The number of rotatable bonds is 5. The van der Waals surface area contributed by atoms with Gasteiger partial charge in [-0.05, 0) is 19.4 Å². The Kier molecular flexibility index (Phi) is 5.19. The van der Waals surface area contributed by atoms with Gasteiger partial charge in [0.25, 0.3) is 11.6 Å². The number of likely N-dealkylation sites (N-methyl/N-ethyl adjacent to an activating group) is 1. The van der Waals surface area contributed by atoms with Gasteiger partial charge in [-0.1, -0.05) is 6.07 Å². The minimum absolute atomic E-state index is 0.163. The van der Waals surface area contributed by atoms with Gasteiger partial charge in [0.15, 0.2) is 0 Å². The summed E-state index contributed by atoms with van der Waals surface area (Å²) in [5.41, 5.74) is 0.644. The van der Waals surface area contributed by atoms with E-state index in [1.165, 1.54) is 30.1 Å². The molecule has 1 amide bonds. The van der Waals surface area contributed by atoms with Crippen LogP contribution in [0.4, 0.5) is 5.69 Å². The van der Waals surface area contributed by atoms with E-state index in [0.717, 1.165) is 0 Å². The van der Waals surface area contributed by atoms with E-state index in [2.05, 4.69) is 0 Å². The Bertz CT molecular complexity index is 542. The van der Waals surface area contributed by atoms with Gasteiger partial charge in [0.2, 0.25) is 0 Å². The van der Waals surface area contributed by atoms with Crippen LogP contribution in [-0.4, -0.2) is 41.9 Å². The number of hydrogen-bond donors (Lipinski definition) is 0. The molecular weight excluding hydrogens is 264 g/mol. The number of hydrogen-bond acceptors (Lipinski definition) is 5. The van der Waals surface area contributed by atoms with Gasteiger partial charge in [0, 0.05) is 24.7 Å². The number of nitrogens with zero attached hydrogens (tertiary/aromatic N) is 2. The highest BCUT2D eigenvalue weighted by Gasteiger charge is 2.20. The van der Waals surface area contributed by atoms with Crippen LogP contribution in [0.3, 0.4) is 0 Å². The van der Waals surface area contributed by atoms with E-state index < -0.39 is 16.8 Å². The van der Waals surface area contributed by atoms with Crippen molar-refractivity contribution >= 4 is 17.6 Å². The first-order valence-electron chi connectivity index (χ1n) is 6.03. The van der Waals surface area contributed by atoms with Crippen LogP contribution in [-0.2, 0) is 9.53 Å². The van der Waals surface area contributed by atoms with Crippen LogP contribution in [0.1, 0.15) is 22.8 Å². The van der Waals surface area contributed by atoms with E-state index >= 15 is 0 Å². The summed E-state index contributed by atoms with van der Waals surface area (Å²) in [4.78, 5) is 34.8. The van der Waals surface area contributed by atoms with E-state index in [-0.39, 0.29) is 24.4 Å². The van der Waals surface area contributed by atoms with E-state index in [4.69, 9.17) is 4.74 Å². The number of carbonyl (C=O) groups is 2. The molecule has 0 saturated heterocycles. The normalized spacial score (nSPS) is 9.95. The number of carbonyl (C=O) groups excluding carboxylic acids is 2. The van der Waals surface area contributed by atoms with Crippen LogP contribution in [0.25, 0.3) is 0 Å². The molecule has 0 spiro atoms. The zero-order chi connectivity index (χ0) is 15.3. The van der Waals surface area contributed by atoms with Gasteiger partial charge >= 0.3 is 5.97 Å². The number of nitro benzene ring substituents is 1. The summed E-state index contributed by atoms with van der Waals surface area (Å²) >= 11 is 0. The second-order valence-electron chi connectivity index (χ2n) is 4.22. The highest BCUT2D eigenvalue weighted by atomic mass is 16.6. The summed E-state index contributed by atoms with van der Waals surface area (Å²) in [6.45, 7) is 3.38. The molecule has 0 bridgehead atoms. The monoisotopic (exact) mass is 280 g/mol. The largest absolute Gasteiger partial charge is 0.465 e. The van der Waals surface area contributed by atoms with Crippen molar-refractivity contribution < 1.29 is 19.2 Å². The van der Waals surface area contributed by atoms with Crippen molar-refractivity contribution in [3.63, 3.8) is 0 Å². The van der Waals surface area contributed by atoms with Gasteiger partial charge in [-0.15, -0.1) is 0 Å². The van der Waals surface area contributed by atoms with Crippen molar-refractivity contribution in [2.24, 2.45) is 0 Å². The molecule has 0 aromatic heterocycles. The Hall–Kier alpha value is -2.44. The first kappa shape index (κ1) is 15.6. The molecular formula is C13H16N2O5. The number of non-ortho nitro benzene ring substituents is 1. The van der Waals surface area contributed by atoms with E-state index in [9.17, 15) is 19.7 Å². The molecule has 1 aromatic carbocycles. The molecule has 1 rings (SSSR count). The highest BCUT2D eigenvalue weighted by Crippen LogP contribution is 2.18. The van der Waals surface area contributed by atoms with Gasteiger partial charge in [-0.25, -0.2) is 0 Å². The second-order valence-corrected chi connectivity index (χ2v) is 4.22. The lowest BCUT2D eigenvalue weighted by Gasteiger charge is -2.17. The maximum absolute atomic E-state index is 12.2. The Labute approximate surface area is 116 Å². The molecule has 0 atom stereocenters. The molecule has 0 radical (unpaired) electrons. The second kappa shape index (κ2) is 6.65. The Morgan fingerprint density at radius 3 is 2.60 bits per heavy atom. The predicted octanol–water partition coefficient (Wildman–Crippen LogP) is 1.54. The van der Waals surface area contributed by atoms with Gasteiger partial charge < -0.3 is 9.64 Å². The summed E-state index contributed by atoms with van der Waals surface area (Å²) in [5.74, 6) is -0.981. The summed E-state index contributed by atoms with van der Waals surface area (Å²) in [6.07, 6.45) is 0. The molecule has 1 aromatic rings. The van der Waals surface area contributed by atoms with Crippen molar-refractivity contribution in [3.8, 4) is 0 Å². The fourth-order valence-electron chi connectivity index (χ4n) is 1.63. The summed E-state index contributed by atoms with van der Waals surface area (Å²) < 4.78 is 4.75. The zero-order valence-electron chi connectivity index (χ0n) is 11.6. The van der Waals surface area contributed by atoms with Crippen molar-refractivity contribution in [1.29, 1.82) is 0 Å².